The first-order valence-electron chi connectivity index (χ1n) is 5.98. The predicted molar refractivity (Wildman–Crippen MR) is 69.0 cm³/mol. The molecule has 1 aromatic heterocycles. The SMILES string of the molecule is CCC(C)c1nc(-c2ccccc2)[nH]c(=O)c1F. The molecule has 4 heteroatoms. The third-order valence-electron chi connectivity index (χ3n) is 3.01. The molecule has 0 fully saturated rings. The van der Waals surface area contributed by atoms with Crippen molar-refractivity contribution >= 4 is 0 Å². The first-order chi connectivity index (χ1) is 8.63. The molecule has 0 aliphatic rings. The van der Waals surface area contributed by atoms with Crippen LogP contribution in [0.2, 0.25) is 0 Å². The minimum absolute atomic E-state index is 0.0743. The molecule has 0 radical (unpaired) electrons. The molecule has 18 heavy (non-hydrogen) atoms. The molecule has 2 rings (SSSR count). The van der Waals surface area contributed by atoms with E-state index in [0.29, 0.717) is 5.82 Å². The number of rotatable bonds is 3. The number of benzene rings is 1. The molecular formula is C14H15FN2O. The highest BCUT2D eigenvalue weighted by Crippen LogP contribution is 2.20. The first-order valence-corrected chi connectivity index (χ1v) is 5.98. The highest BCUT2D eigenvalue weighted by molar-refractivity contribution is 5.54. The lowest BCUT2D eigenvalue weighted by Gasteiger charge is -2.10. The number of hydrogen-bond donors (Lipinski definition) is 1. The van der Waals surface area contributed by atoms with E-state index < -0.39 is 11.4 Å². The summed E-state index contributed by atoms with van der Waals surface area (Å²) in [7, 11) is 0. The fraction of sp³-hybridized carbons (Fsp3) is 0.286. The van der Waals surface area contributed by atoms with E-state index in [1.54, 1.807) is 0 Å². The summed E-state index contributed by atoms with van der Waals surface area (Å²) in [5.41, 5.74) is 0.304. The van der Waals surface area contributed by atoms with Crippen LogP contribution in [0.5, 0.6) is 0 Å². The van der Waals surface area contributed by atoms with E-state index in [0.717, 1.165) is 12.0 Å². The minimum Gasteiger partial charge on any atom is -0.304 e. The summed E-state index contributed by atoms with van der Waals surface area (Å²) >= 11 is 0. The lowest BCUT2D eigenvalue weighted by molar-refractivity contribution is 0.551. The summed E-state index contributed by atoms with van der Waals surface area (Å²) in [6.07, 6.45) is 0.738. The smallest absolute Gasteiger partial charge is 0.287 e. The van der Waals surface area contributed by atoms with Gasteiger partial charge >= 0.3 is 0 Å². The van der Waals surface area contributed by atoms with E-state index >= 15 is 0 Å². The van der Waals surface area contributed by atoms with Crippen molar-refractivity contribution in [3.63, 3.8) is 0 Å². The third-order valence-corrected chi connectivity index (χ3v) is 3.01. The van der Waals surface area contributed by atoms with Gasteiger partial charge in [-0.3, -0.25) is 4.79 Å². The minimum atomic E-state index is -0.774. The molecule has 3 nitrogen and oxygen atoms in total. The van der Waals surface area contributed by atoms with Crippen LogP contribution >= 0.6 is 0 Å². The van der Waals surface area contributed by atoms with Gasteiger partial charge in [0.25, 0.3) is 5.56 Å². The van der Waals surface area contributed by atoms with Gasteiger partial charge in [0, 0.05) is 11.5 Å². The Labute approximate surface area is 105 Å². The van der Waals surface area contributed by atoms with Gasteiger partial charge in [0.2, 0.25) is 5.82 Å². The van der Waals surface area contributed by atoms with Crippen LogP contribution in [0.15, 0.2) is 35.1 Å². The maximum Gasteiger partial charge on any atom is 0.287 e. The lowest BCUT2D eigenvalue weighted by atomic mass is 10.0. The molecule has 0 bridgehead atoms. The van der Waals surface area contributed by atoms with Crippen LogP contribution in [-0.2, 0) is 0 Å². The second-order valence-corrected chi connectivity index (χ2v) is 4.29. The molecule has 0 amide bonds. The Morgan fingerprint density at radius 3 is 2.61 bits per heavy atom. The number of nitrogens with zero attached hydrogens (tertiary/aromatic N) is 1. The molecule has 94 valence electrons. The van der Waals surface area contributed by atoms with Crippen molar-refractivity contribution in [1.29, 1.82) is 0 Å². The van der Waals surface area contributed by atoms with Crippen molar-refractivity contribution < 1.29 is 4.39 Å². The van der Waals surface area contributed by atoms with Gasteiger partial charge in [0.05, 0.1) is 5.69 Å². The molecule has 1 aromatic carbocycles. The van der Waals surface area contributed by atoms with Gasteiger partial charge in [-0.15, -0.1) is 0 Å². The summed E-state index contributed by atoms with van der Waals surface area (Å²) in [5.74, 6) is -0.434. The lowest BCUT2D eigenvalue weighted by Crippen LogP contribution is -2.18. The molecule has 0 aliphatic heterocycles. The Bertz CT molecular complexity index is 592. The molecule has 0 saturated heterocycles. The largest absolute Gasteiger partial charge is 0.304 e. The van der Waals surface area contributed by atoms with E-state index in [9.17, 15) is 9.18 Å². The van der Waals surface area contributed by atoms with Crippen LogP contribution < -0.4 is 5.56 Å². The van der Waals surface area contributed by atoms with Gasteiger partial charge in [-0.1, -0.05) is 44.2 Å². The maximum absolute atomic E-state index is 13.7. The fourth-order valence-electron chi connectivity index (χ4n) is 1.73. The average Bonchev–Trinajstić information content (AvgIpc) is 2.41. The van der Waals surface area contributed by atoms with Crippen LogP contribution in [0, 0.1) is 5.82 Å². The summed E-state index contributed by atoms with van der Waals surface area (Å²) < 4.78 is 13.7. The van der Waals surface area contributed by atoms with Crippen LogP contribution in [0.3, 0.4) is 0 Å². The summed E-state index contributed by atoms with van der Waals surface area (Å²) in [5, 5.41) is 0. The average molecular weight is 246 g/mol. The van der Waals surface area contributed by atoms with E-state index in [2.05, 4.69) is 9.97 Å². The monoisotopic (exact) mass is 246 g/mol. The number of H-pyrrole nitrogens is 1. The van der Waals surface area contributed by atoms with Crippen molar-refractivity contribution in [1.82, 2.24) is 9.97 Å². The summed E-state index contributed by atoms with van der Waals surface area (Å²) in [6.45, 7) is 3.80. The Balaban J connectivity index is 2.58. The normalized spacial score (nSPS) is 12.4. The van der Waals surface area contributed by atoms with E-state index in [1.807, 2.05) is 44.2 Å². The molecule has 2 aromatic rings. The van der Waals surface area contributed by atoms with Crippen LogP contribution in [-0.4, -0.2) is 9.97 Å². The first kappa shape index (κ1) is 12.5. The standard InChI is InChI=1S/C14H15FN2O/c1-3-9(2)12-11(15)14(18)17-13(16-12)10-7-5-4-6-8-10/h4-9H,3H2,1-2H3,(H,16,17,18). The van der Waals surface area contributed by atoms with Crippen LogP contribution in [0.4, 0.5) is 4.39 Å². The highest BCUT2D eigenvalue weighted by atomic mass is 19.1. The number of nitrogens with one attached hydrogen (secondary N) is 1. The van der Waals surface area contributed by atoms with Gasteiger partial charge in [-0.2, -0.15) is 4.39 Å². The molecule has 1 heterocycles. The zero-order valence-electron chi connectivity index (χ0n) is 10.4. The van der Waals surface area contributed by atoms with Crippen molar-refractivity contribution in [2.75, 3.05) is 0 Å². The molecule has 0 aliphatic carbocycles. The maximum atomic E-state index is 13.7. The van der Waals surface area contributed by atoms with Gasteiger partial charge in [0.1, 0.15) is 5.82 Å². The second-order valence-electron chi connectivity index (χ2n) is 4.29. The topological polar surface area (TPSA) is 45.8 Å². The van der Waals surface area contributed by atoms with E-state index in [1.165, 1.54) is 0 Å². The molecule has 0 spiro atoms. The number of aromatic nitrogens is 2. The van der Waals surface area contributed by atoms with E-state index in [4.69, 9.17) is 0 Å². The van der Waals surface area contributed by atoms with Gasteiger partial charge < -0.3 is 4.98 Å². The molecule has 1 atom stereocenters. The van der Waals surface area contributed by atoms with Crippen molar-refractivity contribution in [3.8, 4) is 11.4 Å². The Kier molecular flexibility index (Phi) is 3.55. The second kappa shape index (κ2) is 5.12. The number of hydrogen-bond acceptors (Lipinski definition) is 2. The summed E-state index contributed by atoms with van der Waals surface area (Å²) in [4.78, 5) is 18.3. The van der Waals surface area contributed by atoms with E-state index in [-0.39, 0.29) is 11.6 Å². The Hall–Kier alpha value is -1.97. The number of aromatic amines is 1. The molecular weight excluding hydrogens is 231 g/mol. The molecule has 0 saturated carbocycles. The third kappa shape index (κ3) is 2.32. The number of halogens is 1. The zero-order valence-corrected chi connectivity index (χ0v) is 10.4. The Morgan fingerprint density at radius 2 is 2.00 bits per heavy atom. The molecule has 1 unspecified atom stereocenters. The van der Waals surface area contributed by atoms with Crippen molar-refractivity contribution in [2.45, 2.75) is 26.2 Å². The predicted octanol–water partition coefficient (Wildman–Crippen LogP) is 3.09. The quantitative estimate of drug-likeness (QED) is 0.904. The van der Waals surface area contributed by atoms with Crippen molar-refractivity contribution in [3.05, 3.63) is 52.2 Å². The van der Waals surface area contributed by atoms with Crippen LogP contribution in [0.25, 0.3) is 11.4 Å². The van der Waals surface area contributed by atoms with Gasteiger partial charge in [-0.05, 0) is 6.42 Å². The summed E-state index contributed by atoms with van der Waals surface area (Å²) in [6, 6.07) is 9.23. The van der Waals surface area contributed by atoms with Crippen LogP contribution in [0.1, 0.15) is 31.9 Å². The fourth-order valence-corrected chi connectivity index (χ4v) is 1.73. The molecule has 1 N–H and O–H groups in total. The Morgan fingerprint density at radius 1 is 1.33 bits per heavy atom. The van der Waals surface area contributed by atoms with Gasteiger partial charge in [0.15, 0.2) is 0 Å². The highest BCUT2D eigenvalue weighted by Gasteiger charge is 2.16. The zero-order chi connectivity index (χ0) is 13.1. The van der Waals surface area contributed by atoms with Crippen molar-refractivity contribution in [2.24, 2.45) is 0 Å². The van der Waals surface area contributed by atoms with Gasteiger partial charge in [-0.25, -0.2) is 4.98 Å².